The number of rotatable bonds is 4. The molecule has 120 valence electrons. The van der Waals surface area contributed by atoms with Gasteiger partial charge in [-0.1, -0.05) is 43.9 Å². The Bertz CT molecular complexity index is 508. The van der Waals surface area contributed by atoms with Gasteiger partial charge in [0.15, 0.2) is 0 Å². The van der Waals surface area contributed by atoms with Gasteiger partial charge in [-0.05, 0) is 18.9 Å². The largest absolute Gasteiger partial charge is 0.496 e. The molecule has 0 spiro atoms. The Labute approximate surface area is 131 Å². The van der Waals surface area contributed by atoms with E-state index in [1.54, 1.807) is 7.11 Å². The standard InChI is InChI=1S/C17H24N2O3/c1-22-15-11-7-6-8-13(15)12-18-16(20)17(21)19-14-9-4-2-3-5-10-14/h6-8,11,14H,2-5,9-10,12H2,1H3,(H,18,20)(H,19,21). The van der Waals surface area contributed by atoms with E-state index in [4.69, 9.17) is 4.74 Å². The minimum Gasteiger partial charge on any atom is -0.496 e. The molecular weight excluding hydrogens is 280 g/mol. The van der Waals surface area contributed by atoms with Crippen molar-refractivity contribution in [2.24, 2.45) is 0 Å². The van der Waals surface area contributed by atoms with E-state index in [1.165, 1.54) is 12.8 Å². The van der Waals surface area contributed by atoms with Crippen molar-refractivity contribution < 1.29 is 14.3 Å². The highest BCUT2D eigenvalue weighted by Crippen LogP contribution is 2.18. The summed E-state index contributed by atoms with van der Waals surface area (Å²) in [5, 5.41) is 5.49. The number of ether oxygens (including phenoxy) is 1. The van der Waals surface area contributed by atoms with Crippen LogP contribution in [0.2, 0.25) is 0 Å². The lowest BCUT2D eigenvalue weighted by Gasteiger charge is -2.16. The highest BCUT2D eigenvalue weighted by Gasteiger charge is 2.19. The normalized spacial score (nSPS) is 15.7. The fourth-order valence-electron chi connectivity index (χ4n) is 2.78. The Morgan fingerprint density at radius 2 is 1.77 bits per heavy atom. The summed E-state index contributed by atoms with van der Waals surface area (Å²) in [4.78, 5) is 23.9. The maximum Gasteiger partial charge on any atom is 0.309 e. The average molecular weight is 304 g/mol. The van der Waals surface area contributed by atoms with Gasteiger partial charge in [0.25, 0.3) is 0 Å². The summed E-state index contributed by atoms with van der Waals surface area (Å²) < 4.78 is 5.22. The van der Waals surface area contributed by atoms with E-state index in [2.05, 4.69) is 10.6 Å². The molecule has 22 heavy (non-hydrogen) atoms. The van der Waals surface area contributed by atoms with Crippen molar-refractivity contribution in [1.29, 1.82) is 0 Å². The van der Waals surface area contributed by atoms with E-state index < -0.39 is 11.8 Å². The summed E-state index contributed by atoms with van der Waals surface area (Å²) in [7, 11) is 1.58. The minimum atomic E-state index is -0.588. The second kappa shape index (κ2) is 8.41. The first-order valence-electron chi connectivity index (χ1n) is 7.91. The zero-order valence-electron chi connectivity index (χ0n) is 13.1. The van der Waals surface area contributed by atoms with Crippen LogP contribution in [0.15, 0.2) is 24.3 Å². The van der Waals surface area contributed by atoms with Crippen LogP contribution in [0.3, 0.4) is 0 Å². The van der Waals surface area contributed by atoms with Gasteiger partial charge in [-0.2, -0.15) is 0 Å². The molecule has 1 fully saturated rings. The van der Waals surface area contributed by atoms with Crippen molar-refractivity contribution >= 4 is 11.8 Å². The molecule has 5 heteroatoms. The molecule has 1 aromatic rings. The number of benzene rings is 1. The van der Waals surface area contributed by atoms with Crippen LogP contribution in [0.25, 0.3) is 0 Å². The summed E-state index contributed by atoms with van der Waals surface area (Å²) in [6.45, 7) is 0.279. The van der Waals surface area contributed by atoms with E-state index in [0.29, 0.717) is 5.75 Å². The molecular formula is C17H24N2O3. The van der Waals surface area contributed by atoms with Crippen LogP contribution in [0.5, 0.6) is 5.75 Å². The third-order valence-electron chi connectivity index (χ3n) is 4.03. The lowest BCUT2D eigenvalue weighted by molar-refractivity contribution is -0.139. The molecule has 1 aromatic carbocycles. The summed E-state index contributed by atoms with van der Waals surface area (Å²) in [5.74, 6) is -0.427. The summed E-state index contributed by atoms with van der Waals surface area (Å²) in [6.07, 6.45) is 6.59. The number of hydrogen-bond donors (Lipinski definition) is 2. The number of amides is 2. The van der Waals surface area contributed by atoms with Crippen LogP contribution in [0.4, 0.5) is 0 Å². The molecule has 0 atom stereocenters. The molecule has 1 aliphatic rings. The van der Waals surface area contributed by atoms with E-state index in [9.17, 15) is 9.59 Å². The Morgan fingerprint density at radius 3 is 2.45 bits per heavy atom. The van der Waals surface area contributed by atoms with Gasteiger partial charge >= 0.3 is 11.8 Å². The zero-order chi connectivity index (χ0) is 15.8. The molecule has 0 radical (unpaired) electrons. The summed E-state index contributed by atoms with van der Waals surface area (Å²) in [5.41, 5.74) is 0.848. The Balaban J connectivity index is 1.82. The SMILES string of the molecule is COc1ccccc1CNC(=O)C(=O)NC1CCCCCC1. The van der Waals surface area contributed by atoms with Gasteiger partial charge in [0, 0.05) is 18.2 Å². The van der Waals surface area contributed by atoms with Crippen LogP contribution in [-0.4, -0.2) is 25.0 Å². The van der Waals surface area contributed by atoms with E-state index in [-0.39, 0.29) is 12.6 Å². The predicted octanol–water partition coefficient (Wildman–Crippen LogP) is 2.15. The van der Waals surface area contributed by atoms with Crippen LogP contribution in [0, 0.1) is 0 Å². The van der Waals surface area contributed by atoms with Gasteiger partial charge in [-0.3, -0.25) is 9.59 Å². The molecule has 1 aliphatic carbocycles. The quantitative estimate of drug-likeness (QED) is 0.661. The lowest BCUT2D eigenvalue weighted by Crippen LogP contribution is -2.44. The van der Waals surface area contributed by atoms with Gasteiger partial charge < -0.3 is 15.4 Å². The fraction of sp³-hybridized carbons (Fsp3) is 0.529. The molecule has 2 N–H and O–H groups in total. The average Bonchev–Trinajstić information content (AvgIpc) is 2.81. The highest BCUT2D eigenvalue weighted by molar-refractivity contribution is 6.35. The molecule has 0 heterocycles. The van der Waals surface area contributed by atoms with Gasteiger partial charge in [0.05, 0.1) is 7.11 Å². The summed E-state index contributed by atoms with van der Waals surface area (Å²) in [6, 6.07) is 7.56. The van der Waals surface area contributed by atoms with Crippen LogP contribution < -0.4 is 15.4 Å². The van der Waals surface area contributed by atoms with Crippen molar-refractivity contribution in [2.45, 2.75) is 51.1 Å². The number of carbonyl (C=O) groups excluding carboxylic acids is 2. The smallest absolute Gasteiger partial charge is 0.309 e. The predicted molar refractivity (Wildman–Crippen MR) is 84.5 cm³/mol. The molecule has 0 bridgehead atoms. The molecule has 0 aliphatic heterocycles. The van der Waals surface area contributed by atoms with Crippen molar-refractivity contribution in [3.8, 4) is 5.75 Å². The Kier molecular flexibility index (Phi) is 6.25. The van der Waals surface area contributed by atoms with E-state index in [1.807, 2.05) is 24.3 Å². The third kappa shape index (κ3) is 4.76. The first-order valence-corrected chi connectivity index (χ1v) is 7.91. The minimum absolute atomic E-state index is 0.131. The fourth-order valence-corrected chi connectivity index (χ4v) is 2.78. The Morgan fingerprint density at radius 1 is 1.09 bits per heavy atom. The molecule has 2 rings (SSSR count). The van der Waals surface area contributed by atoms with Crippen LogP contribution in [-0.2, 0) is 16.1 Å². The zero-order valence-corrected chi connectivity index (χ0v) is 13.1. The molecule has 1 saturated carbocycles. The molecule has 2 amide bonds. The molecule has 0 saturated heterocycles. The van der Waals surface area contributed by atoms with Gasteiger partial charge in [-0.15, -0.1) is 0 Å². The van der Waals surface area contributed by atoms with Crippen molar-refractivity contribution in [3.63, 3.8) is 0 Å². The number of nitrogens with one attached hydrogen (secondary N) is 2. The number of methoxy groups -OCH3 is 1. The van der Waals surface area contributed by atoms with Crippen LogP contribution in [0.1, 0.15) is 44.1 Å². The second-order valence-corrected chi connectivity index (χ2v) is 5.66. The van der Waals surface area contributed by atoms with Crippen molar-refractivity contribution in [2.75, 3.05) is 7.11 Å². The maximum absolute atomic E-state index is 11.9. The van der Waals surface area contributed by atoms with Gasteiger partial charge in [0.1, 0.15) is 5.75 Å². The number of carbonyl (C=O) groups is 2. The first kappa shape index (κ1) is 16.3. The van der Waals surface area contributed by atoms with Crippen molar-refractivity contribution in [1.82, 2.24) is 10.6 Å². The van der Waals surface area contributed by atoms with Crippen LogP contribution >= 0.6 is 0 Å². The lowest BCUT2D eigenvalue weighted by atomic mass is 10.1. The number of hydrogen-bond acceptors (Lipinski definition) is 3. The summed E-state index contributed by atoms with van der Waals surface area (Å²) >= 11 is 0. The Hall–Kier alpha value is -2.04. The maximum atomic E-state index is 11.9. The highest BCUT2D eigenvalue weighted by atomic mass is 16.5. The molecule has 0 aromatic heterocycles. The van der Waals surface area contributed by atoms with Gasteiger partial charge in [-0.25, -0.2) is 0 Å². The van der Waals surface area contributed by atoms with E-state index in [0.717, 1.165) is 31.2 Å². The molecule has 0 unspecified atom stereocenters. The van der Waals surface area contributed by atoms with E-state index >= 15 is 0 Å². The number of para-hydroxylation sites is 1. The topological polar surface area (TPSA) is 67.4 Å². The monoisotopic (exact) mass is 304 g/mol. The first-order chi connectivity index (χ1) is 10.7. The van der Waals surface area contributed by atoms with Crippen molar-refractivity contribution in [3.05, 3.63) is 29.8 Å². The molecule has 5 nitrogen and oxygen atoms in total. The second-order valence-electron chi connectivity index (χ2n) is 5.66. The third-order valence-corrected chi connectivity index (χ3v) is 4.03. The van der Waals surface area contributed by atoms with Gasteiger partial charge in [0.2, 0.25) is 0 Å².